The van der Waals surface area contributed by atoms with Crippen LogP contribution in [0.4, 0.5) is 17.6 Å². The van der Waals surface area contributed by atoms with Gasteiger partial charge in [0.2, 0.25) is 0 Å². The molecule has 0 unspecified atom stereocenters. The fraction of sp³-hybridized carbons (Fsp3) is 0.538. The van der Waals surface area contributed by atoms with Gasteiger partial charge >= 0.3 is 13.2 Å². The van der Waals surface area contributed by atoms with Crippen molar-refractivity contribution < 1.29 is 32.1 Å². The molecule has 0 aliphatic rings. The zero-order valence-electron chi connectivity index (χ0n) is 11.4. The predicted molar refractivity (Wildman–Crippen MR) is 67.7 cm³/mol. The molecule has 0 bridgehead atoms. The third-order valence-electron chi connectivity index (χ3n) is 2.77. The summed E-state index contributed by atoms with van der Waals surface area (Å²) < 4.78 is 57.4. The Kier molecular flexibility index (Phi) is 7.24. The molecule has 2 N–H and O–H groups in total. The number of nitrogens with one attached hydrogen (secondary N) is 1. The van der Waals surface area contributed by atoms with Crippen molar-refractivity contribution in [2.24, 2.45) is 0 Å². The molecule has 4 nitrogen and oxygen atoms in total. The Morgan fingerprint density at radius 2 is 1.81 bits per heavy atom. The highest BCUT2D eigenvalue weighted by atomic mass is 19.3. The first kappa shape index (κ1) is 17.5. The molecule has 0 radical (unpaired) electrons. The van der Waals surface area contributed by atoms with Crippen LogP contribution in [-0.4, -0.2) is 31.0 Å². The molecule has 0 fully saturated rings. The summed E-state index contributed by atoms with van der Waals surface area (Å²) in [6.07, 6.45) is 0.647. The topological polar surface area (TPSA) is 50.7 Å². The lowest BCUT2D eigenvalue weighted by molar-refractivity contribution is -0.0547. The minimum absolute atomic E-state index is 0.103. The molecule has 1 rings (SSSR count). The molecule has 0 aliphatic carbocycles. The third kappa shape index (κ3) is 6.17. The standard InChI is InChI=1S/C13H17F4NO3/c1-2-9(7-19)18-6-8-3-4-10(20-12(14)15)5-11(8)21-13(16)17/h3-5,9,12-13,18-19H,2,6-7H2,1H3/t9-/m1/s1. The summed E-state index contributed by atoms with van der Waals surface area (Å²) in [6, 6.07) is 3.38. The Morgan fingerprint density at radius 1 is 1.14 bits per heavy atom. The molecular formula is C13H17F4NO3. The number of ether oxygens (including phenoxy) is 2. The second-order valence-corrected chi connectivity index (χ2v) is 4.20. The van der Waals surface area contributed by atoms with Gasteiger partial charge in [-0.1, -0.05) is 13.0 Å². The number of aliphatic hydroxyl groups is 1. The van der Waals surface area contributed by atoms with Crippen LogP contribution in [0.1, 0.15) is 18.9 Å². The second kappa shape index (κ2) is 8.68. The maximum absolute atomic E-state index is 12.4. The summed E-state index contributed by atoms with van der Waals surface area (Å²) in [5.74, 6) is -0.512. The van der Waals surface area contributed by atoms with Crippen molar-refractivity contribution in [3.05, 3.63) is 23.8 Å². The third-order valence-corrected chi connectivity index (χ3v) is 2.77. The van der Waals surface area contributed by atoms with Gasteiger partial charge < -0.3 is 19.9 Å². The van der Waals surface area contributed by atoms with Crippen LogP contribution < -0.4 is 14.8 Å². The van der Waals surface area contributed by atoms with E-state index in [1.54, 1.807) is 0 Å². The lowest BCUT2D eigenvalue weighted by Crippen LogP contribution is -2.31. The Balaban J connectivity index is 2.85. The van der Waals surface area contributed by atoms with E-state index in [-0.39, 0.29) is 30.7 Å². The molecule has 120 valence electrons. The molecule has 0 amide bonds. The summed E-state index contributed by atoms with van der Waals surface area (Å²) in [5.41, 5.74) is 0.351. The lowest BCUT2D eigenvalue weighted by Gasteiger charge is -2.17. The van der Waals surface area contributed by atoms with Gasteiger partial charge in [-0.3, -0.25) is 0 Å². The van der Waals surface area contributed by atoms with Crippen molar-refractivity contribution in [3.8, 4) is 11.5 Å². The average Bonchev–Trinajstić information content (AvgIpc) is 2.40. The molecule has 0 heterocycles. The van der Waals surface area contributed by atoms with Gasteiger partial charge in [-0.15, -0.1) is 0 Å². The fourth-order valence-corrected chi connectivity index (χ4v) is 1.66. The van der Waals surface area contributed by atoms with E-state index in [1.807, 2.05) is 6.92 Å². The summed E-state index contributed by atoms with van der Waals surface area (Å²) >= 11 is 0. The van der Waals surface area contributed by atoms with E-state index in [0.29, 0.717) is 12.0 Å². The van der Waals surface area contributed by atoms with Crippen LogP contribution in [0.2, 0.25) is 0 Å². The first-order valence-corrected chi connectivity index (χ1v) is 6.33. The van der Waals surface area contributed by atoms with Crippen molar-refractivity contribution in [1.82, 2.24) is 5.32 Å². The molecule has 0 saturated heterocycles. The smallest absolute Gasteiger partial charge is 0.387 e. The van der Waals surface area contributed by atoms with Crippen molar-refractivity contribution in [2.75, 3.05) is 6.61 Å². The van der Waals surface area contributed by atoms with E-state index >= 15 is 0 Å². The average molecular weight is 311 g/mol. The molecule has 1 atom stereocenters. The largest absolute Gasteiger partial charge is 0.435 e. The van der Waals surface area contributed by atoms with Crippen molar-refractivity contribution in [3.63, 3.8) is 0 Å². The number of halogens is 4. The SMILES string of the molecule is CC[C@H](CO)NCc1ccc(OC(F)F)cc1OC(F)F. The number of hydrogen-bond acceptors (Lipinski definition) is 4. The van der Waals surface area contributed by atoms with Gasteiger partial charge in [0.15, 0.2) is 0 Å². The maximum Gasteiger partial charge on any atom is 0.387 e. The zero-order chi connectivity index (χ0) is 15.8. The lowest BCUT2D eigenvalue weighted by atomic mass is 10.1. The van der Waals surface area contributed by atoms with Gasteiger partial charge in [0, 0.05) is 24.2 Å². The molecule has 0 saturated carbocycles. The van der Waals surface area contributed by atoms with Crippen molar-refractivity contribution in [1.29, 1.82) is 0 Å². The van der Waals surface area contributed by atoms with Crippen molar-refractivity contribution >= 4 is 0 Å². The molecule has 1 aromatic carbocycles. The molecular weight excluding hydrogens is 294 g/mol. The first-order valence-electron chi connectivity index (χ1n) is 6.33. The fourth-order valence-electron chi connectivity index (χ4n) is 1.66. The molecule has 0 spiro atoms. The number of alkyl halides is 4. The number of hydrogen-bond donors (Lipinski definition) is 2. The zero-order valence-corrected chi connectivity index (χ0v) is 11.4. The Hall–Kier alpha value is -1.54. The molecule has 1 aromatic rings. The van der Waals surface area contributed by atoms with E-state index in [4.69, 9.17) is 5.11 Å². The monoisotopic (exact) mass is 311 g/mol. The molecule has 0 aromatic heterocycles. The van der Waals surface area contributed by atoms with Gasteiger partial charge in [0.25, 0.3) is 0 Å². The van der Waals surface area contributed by atoms with E-state index in [0.717, 1.165) is 6.07 Å². The molecule has 8 heteroatoms. The molecule has 21 heavy (non-hydrogen) atoms. The first-order chi connectivity index (χ1) is 9.96. The number of benzene rings is 1. The van der Waals surface area contributed by atoms with Crippen LogP contribution in [0.15, 0.2) is 18.2 Å². The highest BCUT2D eigenvalue weighted by molar-refractivity contribution is 5.40. The number of rotatable bonds is 9. The summed E-state index contributed by atoms with van der Waals surface area (Å²) in [5, 5.41) is 12.0. The van der Waals surface area contributed by atoms with Gasteiger partial charge in [-0.05, 0) is 12.5 Å². The van der Waals surface area contributed by atoms with E-state index in [9.17, 15) is 17.6 Å². The molecule has 0 aliphatic heterocycles. The highest BCUT2D eigenvalue weighted by Gasteiger charge is 2.14. The Bertz CT molecular complexity index is 428. The van der Waals surface area contributed by atoms with Crippen LogP contribution in [-0.2, 0) is 6.54 Å². The summed E-state index contributed by atoms with van der Waals surface area (Å²) in [7, 11) is 0. The quantitative estimate of drug-likeness (QED) is 0.689. The summed E-state index contributed by atoms with van der Waals surface area (Å²) in [4.78, 5) is 0. The van der Waals surface area contributed by atoms with Crippen LogP contribution in [0, 0.1) is 0 Å². The van der Waals surface area contributed by atoms with Gasteiger partial charge in [0.1, 0.15) is 11.5 Å². The van der Waals surface area contributed by atoms with Crippen LogP contribution >= 0.6 is 0 Å². The second-order valence-electron chi connectivity index (χ2n) is 4.20. The van der Waals surface area contributed by atoms with Gasteiger partial charge in [-0.2, -0.15) is 17.6 Å². The minimum atomic E-state index is -3.08. The van der Waals surface area contributed by atoms with E-state index in [1.165, 1.54) is 12.1 Å². The minimum Gasteiger partial charge on any atom is -0.435 e. The van der Waals surface area contributed by atoms with E-state index < -0.39 is 13.2 Å². The van der Waals surface area contributed by atoms with Gasteiger partial charge in [-0.25, -0.2) is 0 Å². The Morgan fingerprint density at radius 3 is 2.33 bits per heavy atom. The van der Waals surface area contributed by atoms with Gasteiger partial charge in [0.05, 0.1) is 6.61 Å². The maximum atomic E-state index is 12.4. The summed E-state index contributed by atoms with van der Waals surface area (Å²) in [6.45, 7) is -4.23. The normalized spacial score (nSPS) is 12.8. The van der Waals surface area contributed by atoms with Crippen LogP contribution in [0.3, 0.4) is 0 Å². The highest BCUT2D eigenvalue weighted by Crippen LogP contribution is 2.27. The Labute approximate surface area is 119 Å². The van der Waals surface area contributed by atoms with Crippen LogP contribution in [0.25, 0.3) is 0 Å². The number of aliphatic hydroxyl groups excluding tert-OH is 1. The van der Waals surface area contributed by atoms with Crippen molar-refractivity contribution in [2.45, 2.75) is 39.2 Å². The predicted octanol–water partition coefficient (Wildman–Crippen LogP) is 2.75. The van der Waals surface area contributed by atoms with E-state index in [2.05, 4.69) is 14.8 Å². The van der Waals surface area contributed by atoms with Crippen LogP contribution in [0.5, 0.6) is 11.5 Å².